The highest BCUT2D eigenvalue weighted by atomic mass is 14.6. The van der Waals surface area contributed by atoms with Crippen LogP contribution in [0.1, 0.15) is 20.8 Å². The molecule has 0 atom stereocenters. The minimum Gasteiger partial charge on any atom is -0.265 e. The molecule has 0 aliphatic heterocycles. The van der Waals surface area contributed by atoms with E-state index in [1.807, 2.05) is 32.9 Å². The van der Waals surface area contributed by atoms with E-state index in [1.54, 1.807) is 12.4 Å². The van der Waals surface area contributed by atoms with E-state index in [4.69, 9.17) is 0 Å². The van der Waals surface area contributed by atoms with Crippen LogP contribution in [0.25, 0.3) is 0 Å². The molecule has 0 spiro atoms. The fourth-order valence-electron chi connectivity index (χ4n) is 0.328. The molecule has 0 aromatic heterocycles. The maximum Gasteiger partial charge on any atom is 0.0266 e. The van der Waals surface area contributed by atoms with Crippen molar-refractivity contribution in [1.82, 2.24) is 0 Å². The average molecular weight is 123 g/mol. The highest BCUT2D eigenvalue weighted by molar-refractivity contribution is 5.72. The Morgan fingerprint density at radius 1 is 1.33 bits per heavy atom. The van der Waals surface area contributed by atoms with Crippen LogP contribution in [0.4, 0.5) is 0 Å². The van der Waals surface area contributed by atoms with Gasteiger partial charge in [0.25, 0.3) is 0 Å². The summed E-state index contributed by atoms with van der Waals surface area (Å²) in [5.41, 5.74) is 1.27. The maximum atomic E-state index is 3.95. The Morgan fingerprint density at radius 3 is 2.44 bits per heavy atom. The molecule has 0 heterocycles. The molecule has 1 heteroatoms. The molecule has 0 saturated heterocycles. The first-order valence-corrected chi connectivity index (χ1v) is 3.05. The molecule has 0 aliphatic rings. The van der Waals surface area contributed by atoms with E-state index >= 15 is 0 Å². The molecule has 0 aromatic carbocycles. The number of rotatable bonds is 2. The van der Waals surface area contributed by atoms with Crippen LogP contribution in [-0.4, -0.2) is 6.21 Å². The van der Waals surface area contributed by atoms with Gasteiger partial charge in [0.2, 0.25) is 0 Å². The third kappa shape index (κ3) is 7.15. The Balaban J connectivity index is 3.60. The van der Waals surface area contributed by atoms with Crippen molar-refractivity contribution in [2.45, 2.75) is 20.8 Å². The Bertz CT molecular complexity index is 137. The largest absolute Gasteiger partial charge is 0.265 e. The lowest BCUT2D eigenvalue weighted by molar-refractivity contribution is 1.40. The van der Waals surface area contributed by atoms with Crippen molar-refractivity contribution in [3.05, 3.63) is 23.9 Å². The molecule has 0 saturated carbocycles. The van der Waals surface area contributed by atoms with Crippen molar-refractivity contribution in [3.63, 3.8) is 0 Å². The first-order chi connectivity index (χ1) is 4.27. The number of aliphatic imine (C=N–C) groups is 1. The summed E-state index contributed by atoms with van der Waals surface area (Å²) in [7, 11) is 0. The Labute approximate surface area is 56.8 Å². The molecule has 0 bridgehead atoms. The van der Waals surface area contributed by atoms with Crippen molar-refractivity contribution >= 4 is 6.21 Å². The molecule has 50 valence electrons. The predicted molar refractivity (Wildman–Crippen MR) is 42.7 cm³/mol. The number of hydrogen-bond acceptors (Lipinski definition) is 1. The summed E-state index contributed by atoms with van der Waals surface area (Å²) >= 11 is 0. The lowest BCUT2D eigenvalue weighted by Gasteiger charge is -1.78. The van der Waals surface area contributed by atoms with E-state index in [9.17, 15) is 0 Å². The summed E-state index contributed by atoms with van der Waals surface area (Å²) in [5, 5.41) is 0. The van der Waals surface area contributed by atoms with Crippen LogP contribution in [-0.2, 0) is 0 Å². The molecule has 0 fully saturated rings. The molecule has 0 radical (unpaired) electrons. The highest BCUT2D eigenvalue weighted by Gasteiger charge is 1.67. The fraction of sp³-hybridized carbons (Fsp3) is 0.375. The second-order valence-corrected chi connectivity index (χ2v) is 2.02. The molecular weight excluding hydrogens is 110 g/mol. The van der Waals surface area contributed by atoms with E-state index in [0.717, 1.165) is 0 Å². The van der Waals surface area contributed by atoms with Gasteiger partial charge in [-0.25, -0.2) is 0 Å². The van der Waals surface area contributed by atoms with Gasteiger partial charge in [-0.05, 0) is 26.8 Å². The maximum absolute atomic E-state index is 3.95. The molecule has 0 aromatic rings. The Kier molecular flexibility index (Phi) is 4.79. The summed E-state index contributed by atoms with van der Waals surface area (Å²) in [6.07, 6.45) is 7.42. The number of nitrogens with zero attached hydrogens (tertiary/aromatic N) is 1. The molecule has 0 aliphatic carbocycles. The third-order valence-corrected chi connectivity index (χ3v) is 0.729. The first-order valence-electron chi connectivity index (χ1n) is 3.05. The van der Waals surface area contributed by atoms with E-state index in [1.165, 1.54) is 5.57 Å². The zero-order valence-electron chi connectivity index (χ0n) is 6.26. The molecule has 0 rings (SSSR count). The average Bonchev–Trinajstić information content (AvgIpc) is 1.80. The smallest absolute Gasteiger partial charge is 0.0266 e. The summed E-state index contributed by atoms with van der Waals surface area (Å²) in [6.45, 7) is 6.03. The molecule has 0 amide bonds. The van der Waals surface area contributed by atoms with Gasteiger partial charge < -0.3 is 0 Å². The molecular formula is C8H13N. The summed E-state index contributed by atoms with van der Waals surface area (Å²) in [6, 6.07) is 0. The van der Waals surface area contributed by atoms with Crippen LogP contribution in [0, 0.1) is 0 Å². The van der Waals surface area contributed by atoms with E-state index in [-0.39, 0.29) is 0 Å². The molecule has 0 unspecified atom stereocenters. The Hall–Kier alpha value is -0.850. The second-order valence-electron chi connectivity index (χ2n) is 2.02. The van der Waals surface area contributed by atoms with Crippen LogP contribution < -0.4 is 0 Å². The van der Waals surface area contributed by atoms with Gasteiger partial charge in [-0.1, -0.05) is 11.6 Å². The van der Waals surface area contributed by atoms with E-state index < -0.39 is 0 Å². The van der Waals surface area contributed by atoms with Crippen LogP contribution >= 0.6 is 0 Å². The van der Waals surface area contributed by atoms with Gasteiger partial charge in [-0.15, -0.1) is 0 Å². The normalized spacial score (nSPS) is 11.0. The summed E-state index contributed by atoms with van der Waals surface area (Å²) in [5.74, 6) is 0. The lowest BCUT2D eigenvalue weighted by atomic mass is 10.3. The van der Waals surface area contributed by atoms with E-state index in [0.29, 0.717) is 0 Å². The topological polar surface area (TPSA) is 12.4 Å². The lowest BCUT2D eigenvalue weighted by Crippen LogP contribution is -1.65. The molecule has 0 N–H and O–H groups in total. The molecule has 9 heavy (non-hydrogen) atoms. The highest BCUT2D eigenvalue weighted by Crippen LogP contribution is 1.84. The minimum absolute atomic E-state index is 1.27. The van der Waals surface area contributed by atoms with Gasteiger partial charge in [0, 0.05) is 12.4 Å². The number of allylic oxidation sites excluding steroid dienone is 3. The SMILES string of the molecule is C/C=C\N=CC=C(C)C. The predicted octanol–water partition coefficient (Wildman–Crippen LogP) is 2.56. The van der Waals surface area contributed by atoms with Crippen molar-refractivity contribution in [3.8, 4) is 0 Å². The zero-order chi connectivity index (χ0) is 7.11. The van der Waals surface area contributed by atoms with Crippen LogP contribution in [0.5, 0.6) is 0 Å². The van der Waals surface area contributed by atoms with Crippen LogP contribution in [0.15, 0.2) is 28.9 Å². The molecule has 1 nitrogen and oxygen atoms in total. The van der Waals surface area contributed by atoms with Gasteiger partial charge in [0.05, 0.1) is 0 Å². The van der Waals surface area contributed by atoms with Crippen molar-refractivity contribution in [2.24, 2.45) is 4.99 Å². The first kappa shape index (κ1) is 8.15. The standard InChI is InChI=1S/C8H13N/c1-4-6-9-7-5-8(2)3/h4-7H,1-3H3/b6-4-,9-7?. The quantitative estimate of drug-likeness (QED) is 0.500. The van der Waals surface area contributed by atoms with Gasteiger partial charge in [-0.2, -0.15) is 0 Å². The third-order valence-electron chi connectivity index (χ3n) is 0.729. The van der Waals surface area contributed by atoms with Crippen molar-refractivity contribution in [2.75, 3.05) is 0 Å². The van der Waals surface area contributed by atoms with Gasteiger partial charge in [-0.3, -0.25) is 4.99 Å². The van der Waals surface area contributed by atoms with Crippen LogP contribution in [0.3, 0.4) is 0 Å². The minimum atomic E-state index is 1.27. The monoisotopic (exact) mass is 123 g/mol. The summed E-state index contributed by atoms with van der Waals surface area (Å²) in [4.78, 5) is 3.95. The number of hydrogen-bond donors (Lipinski definition) is 0. The van der Waals surface area contributed by atoms with Crippen molar-refractivity contribution < 1.29 is 0 Å². The fourth-order valence-corrected chi connectivity index (χ4v) is 0.328. The Morgan fingerprint density at radius 2 is 2.00 bits per heavy atom. The summed E-state index contributed by atoms with van der Waals surface area (Å²) < 4.78 is 0. The van der Waals surface area contributed by atoms with Gasteiger partial charge >= 0.3 is 0 Å². The zero-order valence-corrected chi connectivity index (χ0v) is 6.26. The van der Waals surface area contributed by atoms with Gasteiger partial charge in [0.15, 0.2) is 0 Å². The van der Waals surface area contributed by atoms with Crippen LogP contribution in [0.2, 0.25) is 0 Å². The van der Waals surface area contributed by atoms with Gasteiger partial charge in [0.1, 0.15) is 0 Å². The second kappa shape index (κ2) is 5.29. The van der Waals surface area contributed by atoms with Crippen molar-refractivity contribution in [1.29, 1.82) is 0 Å². The van der Waals surface area contributed by atoms with E-state index in [2.05, 4.69) is 4.99 Å².